The van der Waals surface area contributed by atoms with Gasteiger partial charge in [0.25, 0.3) is 0 Å². The number of anilines is 1. The Balaban J connectivity index is 1.73. The molecule has 3 aliphatic heterocycles. The number of thioether (sulfide) groups is 1. The lowest BCUT2D eigenvalue weighted by molar-refractivity contribution is -0.155. The van der Waals surface area contributed by atoms with Crippen LogP contribution in [0.1, 0.15) is 50.7 Å². The number of aliphatic hydroxyl groups is 1. The monoisotopic (exact) mass is 474 g/mol. The normalized spacial score (nSPS) is 32.2. The summed E-state index contributed by atoms with van der Waals surface area (Å²) < 4.78 is 4.33. The number of amides is 2. The first kappa shape index (κ1) is 24.1. The quantitative estimate of drug-likeness (QED) is 0.444. The molecule has 0 aromatic heterocycles. The highest BCUT2D eigenvalue weighted by atomic mass is 32.2. The lowest BCUT2D eigenvalue weighted by Crippen LogP contribution is -2.51. The van der Waals surface area contributed by atoms with E-state index >= 15 is 0 Å². The number of unbranched alkanes of at least 4 members (excludes halogenated alkanes) is 1. The maximum atomic E-state index is 13.9. The second-order valence-corrected chi connectivity index (χ2v) is 11.6. The van der Waals surface area contributed by atoms with E-state index in [9.17, 15) is 19.5 Å². The van der Waals surface area contributed by atoms with Crippen molar-refractivity contribution in [2.75, 3.05) is 25.1 Å². The van der Waals surface area contributed by atoms with Gasteiger partial charge >= 0.3 is 5.97 Å². The van der Waals surface area contributed by atoms with Gasteiger partial charge in [0.15, 0.2) is 0 Å². The van der Waals surface area contributed by atoms with Gasteiger partial charge < -0.3 is 20.1 Å². The summed E-state index contributed by atoms with van der Waals surface area (Å²) in [6, 6.07) is 5.19. The summed E-state index contributed by atoms with van der Waals surface area (Å²) in [6.45, 7) is 8.40. The molecule has 2 N–H and O–H groups in total. The van der Waals surface area contributed by atoms with Crippen LogP contribution in [0.25, 0.3) is 0 Å². The van der Waals surface area contributed by atoms with Gasteiger partial charge in [0.1, 0.15) is 6.04 Å². The fraction of sp³-hybridized carbons (Fsp3) is 0.640. The Hall–Kier alpha value is -2.06. The van der Waals surface area contributed by atoms with Crippen LogP contribution in [0.5, 0.6) is 0 Å². The third kappa shape index (κ3) is 3.75. The van der Waals surface area contributed by atoms with E-state index in [-0.39, 0.29) is 31.0 Å². The van der Waals surface area contributed by atoms with Crippen LogP contribution >= 0.6 is 11.8 Å². The molecular formula is C25H34N2O5S. The molecule has 3 fully saturated rings. The molecule has 33 heavy (non-hydrogen) atoms. The predicted octanol–water partition coefficient (Wildman–Crippen LogP) is 3.06. The van der Waals surface area contributed by atoms with Gasteiger partial charge in [-0.2, -0.15) is 0 Å². The fourth-order valence-corrected chi connectivity index (χ4v) is 8.50. The number of aryl methyl sites for hydroxylation is 2. The summed E-state index contributed by atoms with van der Waals surface area (Å²) in [4.78, 5) is 42.3. The molecule has 0 aliphatic carbocycles. The minimum atomic E-state index is -0.668. The number of carbonyl (C=O) groups excluding carboxylic acids is 3. The lowest BCUT2D eigenvalue weighted by Gasteiger charge is -2.34. The Bertz CT molecular complexity index is 948. The molecule has 1 aromatic rings. The van der Waals surface area contributed by atoms with Crippen molar-refractivity contribution in [1.29, 1.82) is 0 Å². The number of nitrogens with one attached hydrogen (secondary N) is 1. The van der Waals surface area contributed by atoms with Crippen LogP contribution < -0.4 is 5.32 Å². The molecule has 1 aromatic carbocycles. The Morgan fingerprint density at radius 3 is 2.58 bits per heavy atom. The van der Waals surface area contributed by atoms with E-state index in [0.29, 0.717) is 25.8 Å². The molecule has 4 rings (SSSR count). The third-order valence-corrected chi connectivity index (χ3v) is 9.59. The maximum Gasteiger partial charge on any atom is 0.311 e. The molecule has 3 saturated heterocycles. The first-order chi connectivity index (χ1) is 15.7. The van der Waals surface area contributed by atoms with Crippen LogP contribution in [-0.2, 0) is 19.1 Å². The van der Waals surface area contributed by atoms with Crippen molar-refractivity contribution in [3.63, 3.8) is 0 Å². The number of nitrogens with zero attached hydrogens (tertiary/aromatic N) is 1. The summed E-state index contributed by atoms with van der Waals surface area (Å²) in [6.07, 6.45) is 2.63. The number of hydrogen-bond acceptors (Lipinski definition) is 6. The number of para-hydroxylation sites is 1. The van der Waals surface area contributed by atoms with E-state index in [4.69, 9.17) is 4.74 Å². The van der Waals surface area contributed by atoms with E-state index in [1.54, 1.807) is 23.6 Å². The molecule has 2 amide bonds. The SMILES string of the molecule is CCOC(=O)[C@H]1[C@H]2C(=O)N(CCCCO)C(C(=O)Nc3c(C)cccc3C)C23CC[C@]1(C)S3. The number of ether oxygens (including phenoxy) is 1. The third-order valence-electron chi connectivity index (χ3n) is 7.60. The average Bonchev–Trinajstić information content (AvgIpc) is 3.32. The van der Waals surface area contributed by atoms with Gasteiger partial charge in [-0.3, -0.25) is 14.4 Å². The van der Waals surface area contributed by atoms with Crippen molar-refractivity contribution in [1.82, 2.24) is 4.90 Å². The fourth-order valence-electron chi connectivity index (χ4n) is 6.15. The summed E-state index contributed by atoms with van der Waals surface area (Å²) in [5.41, 5.74) is 2.71. The molecular weight excluding hydrogens is 440 g/mol. The van der Waals surface area contributed by atoms with Gasteiger partial charge in [0.05, 0.1) is 23.2 Å². The molecule has 3 heterocycles. The number of likely N-dealkylation sites (tertiary alicyclic amines) is 1. The highest BCUT2D eigenvalue weighted by molar-refractivity contribution is 8.02. The zero-order valence-electron chi connectivity index (χ0n) is 19.8. The number of carbonyl (C=O) groups is 3. The smallest absolute Gasteiger partial charge is 0.311 e. The second-order valence-electron chi connectivity index (χ2n) is 9.70. The number of aliphatic hydroxyl groups excluding tert-OH is 1. The first-order valence-electron chi connectivity index (χ1n) is 11.9. The average molecular weight is 475 g/mol. The minimum absolute atomic E-state index is 0.0359. The minimum Gasteiger partial charge on any atom is -0.466 e. The highest BCUT2D eigenvalue weighted by Gasteiger charge is 2.77. The highest BCUT2D eigenvalue weighted by Crippen LogP contribution is 2.71. The van der Waals surface area contributed by atoms with Crippen LogP contribution in [0, 0.1) is 25.7 Å². The predicted molar refractivity (Wildman–Crippen MR) is 128 cm³/mol. The van der Waals surface area contributed by atoms with E-state index < -0.39 is 27.4 Å². The Labute approximate surface area is 199 Å². The van der Waals surface area contributed by atoms with Crippen LogP contribution in [0.2, 0.25) is 0 Å². The van der Waals surface area contributed by atoms with Crippen molar-refractivity contribution >= 4 is 35.2 Å². The largest absolute Gasteiger partial charge is 0.466 e. The van der Waals surface area contributed by atoms with Crippen LogP contribution in [0.15, 0.2) is 18.2 Å². The molecule has 1 spiro atoms. The molecule has 7 nitrogen and oxygen atoms in total. The second kappa shape index (κ2) is 8.95. The Kier molecular flexibility index (Phi) is 6.53. The van der Waals surface area contributed by atoms with Crippen molar-refractivity contribution in [3.8, 4) is 0 Å². The van der Waals surface area contributed by atoms with E-state index in [1.165, 1.54) is 0 Å². The van der Waals surface area contributed by atoms with Gasteiger partial charge in [0.2, 0.25) is 11.8 Å². The van der Waals surface area contributed by atoms with Crippen molar-refractivity contribution in [2.45, 2.75) is 68.9 Å². The van der Waals surface area contributed by atoms with E-state index in [2.05, 4.69) is 5.32 Å². The summed E-state index contributed by atoms with van der Waals surface area (Å²) in [5, 5.41) is 12.4. The number of rotatable bonds is 8. The summed E-state index contributed by atoms with van der Waals surface area (Å²) in [7, 11) is 0. The Morgan fingerprint density at radius 1 is 1.24 bits per heavy atom. The number of benzene rings is 1. The molecule has 2 unspecified atom stereocenters. The molecule has 180 valence electrons. The summed E-state index contributed by atoms with van der Waals surface area (Å²) in [5.74, 6) is -1.79. The van der Waals surface area contributed by atoms with Gasteiger partial charge in [-0.1, -0.05) is 18.2 Å². The van der Waals surface area contributed by atoms with Crippen molar-refractivity contribution in [3.05, 3.63) is 29.3 Å². The number of esters is 1. The lowest BCUT2D eigenvalue weighted by atomic mass is 9.66. The molecule has 0 saturated carbocycles. The van der Waals surface area contributed by atoms with E-state index in [1.807, 2.05) is 39.0 Å². The molecule has 2 bridgehead atoms. The topological polar surface area (TPSA) is 95.9 Å². The standard InChI is InChI=1S/C25H34N2O5S/c1-5-32-23(31)18-17-22(30)27(13-6-7-14-28)20(25(17)12-11-24(18,4)33-25)21(29)26-19-15(2)9-8-10-16(19)3/h8-10,17-18,20,28H,5-7,11-14H2,1-4H3,(H,26,29)/t17-,18+,20?,24-,25?/m0/s1. The van der Waals surface area contributed by atoms with E-state index in [0.717, 1.165) is 23.2 Å². The first-order valence-corrected chi connectivity index (χ1v) is 12.7. The van der Waals surface area contributed by atoms with Crippen molar-refractivity contribution in [2.24, 2.45) is 11.8 Å². The zero-order chi connectivity index (χ0) is 24.0. The van der Waals surface area contributed by atoms with Crippen LogP contribution in [0.4, 0.5) is 5.69 Å². The molecule has 5 atom stereocenters. The number of fused-ring (bicyclic) bond motifs is 1. The Morgan fingerprint density at radius 2 is 1.94 bits per heavy atom. The van der Waals surface area contributed by atoms with Crippen molar-refractivity contribution < 1.29 is 24.2 Å². The zero-order valence-corrected chi connectivity index (χ0v) is 20.7. The van der Waals surface area contributed by atoms with Gasteiger partial charge in [-0.15, -0.1) is 11.8 Å². The van der Waals surface area contributed by atoms with Gasteiger partial charge in [-0.05, 0) is 64.5 Å². The molecule has 3 aliphatic rings. The number of hydrogen-bond donors (Lipinski definition) is 2. The van der Waals surface area contributed by atoms with Crippen LogP contribution in [-0.4, -0.2) is 63.1 Å². The molecule has 8 heteroatoms. The molecule has 0 radical (unpaired) electrons. The van der Waals surface area contributed by atoms with Gasteiger partial charge in [-0.25, -0.2) is 0 Å². The van der Waals surface area contributed by atoms with Crippen LogP contribution in [0.3, 0.4) is 0 Å². The van der Waals surface area contributed by atoms with Gasteiger partial charge in [0, 0.05) is 23.6 Å². The maximum absolute atomic E-state index is 13.9. The summed E-state index contributed by atoms with van der Waals surface area (Å²) >= 11 is 1.64.